The minimum absolute atomic E-state index is 0.132. The number of nitrogens with one attached hydrogen (secondary N) is 1. The van der Waals surface area contributed by atoms with Crippen molar-refractivity contribution in [1.29, 1.82) is 0 Å². The van der Waals surface area contributed by atoms with Crippen molar-refractivity contribution in [1.82, 2.24) is 14.5 Å². The average molecular weight is 403 g/mol. The SMILES string of the molecule is COCC1CC2(C1)CC(Nc1ncc3cc(Cl)c(=O)n(C4CCCC4)c3n1)C2. The summed E-state index contributed by atoms with van der Waals surface area (Å²) in [6.45, 7) is 0.884. The van der Waals surface area contributed by atoms with Gasteiger partial charge in [0.15, 0.2) is 0 Å². The number of anilines is 1. The molecule has 0 radical (unpaired) electrons. The Balaban J connectivity index is 1.35. The van der Waals surface area contributed by atoms with Crippen LogP contribution in [0.4, 0.5) is 5.95 Å². The zero-order valence-corrected chi connectivity index (χ0v) is 17.0. The second-order valence-electron chi connectivity index (χ2n) is 9.06. The smallest absolute Gasteiger partial charge is 0.271 e. The molecule has 0 bridgehead atoms. The molecular formula is C21H27ClN4O2. The summed E-state index contributed by atoms with van der Waals surface area (Å²) < 4.78 is 7.08. The van der Waals surface area contributed by atoms with Crippen LogP contribution in [0.1, 0.15) is 57.4 Å². The third kappa shape index (κ3) is 3.11. The highest BCUT2D eigenvalue weighted by molar-refractivity contribution is 6.31. The molecule has 0 unspecified atom stereocenters. The highest BCUT2D eigenvalue weighted by Crippen LogP contribution is 2.59. The summed E-state index contributed by atoms with van der Waals surface area (Å²) in [5.41, 5.74) is 1.08. The molecule has 2 aromatic rings. The van der Waals surface area contributed by atoms with E-state index >= 15 is 0 Å². The molecule has 0 aromatic carbocycles. The van der Waals surface area contributed by atoms with Gasteiger partial charge in [0.1, 0.15) is 10.7 Å². The van der Waals surface area contributed by atoms with Gasteiger partial charge in [-0.1, -0.05) is 24.4 Å². The van der Waals surface area contributed by atoms with E-state index in [0.717, 1.165) is 43.6 Å². The first-order chi connectivity index (χ1) is 13.6. The maximum atomic E-state index is 12.7. The van der Waals surface area contributed by atoms with Crippen LogP contribution in [0.5, 0.6) is 0 Å². The lowest BCUT2D eigenvalue weighted by Gasteiger charge is -2.57. The van der Waals surface area contributed by atoms with Gasteiger partial charge in [0, 0.05) is 37.4 Å². The average Bonchev–Trinajstić information content (AvgIpc) is 3.13. The molecule has 0 atom stereocenters. The molecule has 5 rings (SSSR count). The molecule has 1 N–H and O–H groups in total. The van der Waals surface area contributed by atoms with Crippen LogP contribution < -0.4 is 10.9 Å². The number of hydrogen-bond acceptors (Lipinski definition) is 5. The minimum atomic E-state index is -0.132. The van der Waals surface area contributed by atoms with Gasteiger partial charge in [0.25, 0.3) is 5.56 Å². The number of fused-ring (bicyclic) bond motifs is 1. The van der Waals surface area contributed by atoms with Crippen molar-refractivity contribution >= 4 is 28.6 Å². The third-order valence-corrected chi connectivity index (χ3v) is 7.23. The van der Waals surface area contributed by atoms with Gasteiger partial charge < -0.3 is 10.1 Å². The van der Waals surface area contributed by atoms with Crippen LogP contribution >= 0.6 is 11.6 Å². The molecule has 3 saturated carbocycles. The van der Waals surface area contributed by atoms with Crippen LogP contribution in [0.15, 0.2) is 17.1 Å². The Morgan fingerprint density at radius 2 is 2.04 bits per heavy atom. The first-order valence-electron chi connectivity index (χ1n) is 10.4. The number of nitrogens with zero attached hydrogens (tertiary/aromatic N) is 3. The van der Waals surface area contributed by atoms with Crippen LogP contribution in [-0.2, 0) is 4.74 Å². The van der Waals surface area contributed by atoms with Gasteiger partial charge in [-0.05, 0) is 55.9 Å². The molecule has 1 spiro atoms. The number of methoxy groups -OCH3 is 1. The quantitative estimate of drug-likeness (QED) is 0.812. The molecule has 2 aromatic heterocycles. The van der Waals surface area contributed by atoms with Crippen molar-refractivity contribution < 1.29 is 4.74 Å². The van der Waals surface area contributed by atoms with Crippen molar-refractivity contribution in [3.05, 3.63) is 27.6 Å². The first kappa shape index (κ1) is 18.4. The fourth-order valence-electron chi connectivity index (χ4n) is 5.78. The Kier molecular flexibility index (Phi) is 4.59. The maximum absolute atomic E-state index is 12.7. The summed E-state index contributed by atoms with van der Waals surface area (Å²) in [7, 11) is 1.78. The van der Waals surface area contributed by atoms with E-state index in [1.165, 1.54) is 25.7 Å². The van der Waals surface area contributed by atoms with Crippen LogP contribution in [0.2, 0.25) is 5.02 Å². The number of rotatable bonds is 5. The van der Waals surface area contributed by atoms with Gasteiger partial charge in [0.05, 0.1) is 0 Å². The summed E-state index contributed by atoms with van der Waals surface area (Å²) in [5, 5.41) is 4.57. The maximum Gasteiger partial charge on any atom is 0.271 e. The molecule has 0 saturated heterocycles. The van der Waals surface area contributed by atoms with Crippen LogP contribution in [0.25, 0.3) is 11.0 Å². The Hall–Kier alpha value is -1.66. The summed E-state index contributed by atoms with van der Waals surface area (Å²) >= 11 is 6.20. The normalized spacial score (nSPS) is 29.8. The second-order valence-corrected chi connectivity index (χ2v) is 9.46. The van der Waals surface area contributed by atoms with Gasteiger partial charge in [0.2, 0.25) is 5.95 Å². The van der Waals surface area contributed by atoms with Gasteiger partial charge in [-0.25, -0.2) is 4.98 Å². The van der Waals surface area contributed by atoms with E-state index in [2.05, 4.69) is 10.3 Å². The monoisotopic (exact) mass is 402 g/mol. The van der Waals surface area contributed by atoms with Crippen molar-refractivity contribution in [2.75, 3.05) is 19.0 Å². The first-order valence-corrected chi connectivity index (χ1v) is 10.8. The summed E-state index contributed by atoms with van der Waals surface area (Å²) in [4.78, 5) is 22.0. The molecule has 3 aliphatic rings. The topological polar surface area (TPSA) is 69.0 Å². The van der Waals surface area contributed by atoms with Crippen molar-refractivity contribution in [3.63, 3.8) is 0 Å². The predicted molar refractivity (Wildman–Crippen MR) is 110 cm³/mol. The fraction of sp³-hybridized carbons (Fsp3) is 0.667. The largest absolute Gasteiger partial charge is 0.384 e. The highest BCUT2D eigenvalue weighted by Gasteiger charge is 2.52. The Bertz CT molecular complexity index is 939. The number of halogens is 1. The van der Waals surface area contributed by atoms with Crippen LogP contribution in [-0.4, -0.2) is 34.3 Å². The minimum Gasteiger partial charge on any atom is -0.384 e. The number of hydrogen-bond donors (Lipinski definition) is 1. The van der Waals surface area contributed by atoms with E-state index in [9.17, 15) is 4.79 Å². The molecule has 6 nitrogen and oxygen atoms in total. The highest BCUT2D eigenvalue weighted by atomic mass is 35.5. The molecule has 0 amide bonds. The van der Waals surface area contributed by atoms with Gasteiger partial charge in [-0.15, -0.1) is 0 Å². The van der Waals surface area contributed by atoms with Crippen LogP contribution in [0.3, 0.4) is 0 Å². The van der Waals surface area contributed by atoms with Crippen molar-refractivity contribution in [2.24, 2.45) is 11.3 Å². The molecule has 3 fully saturated rings. The van der Waals surface area contributed by atoms with Crippen molar-refractivity contribution in [2.45, 2.75) is 63.5 Å². The lowest BCUT2D eigenvalue weighted by Crippen LogP contribution is -2.53. The number of pyridine rings is 1. The lowest BCUT2D eigenvalue weighted by atomic mass is 9.50. The van der Waals surface area contributed by atoms with E-state index in [1.54, 1.807) is 23.9 Å². The molecule has 7 heteroatoms. The molecule has 3 aliphatic carbocycles. The second kappa shape index (κ2) is 6.99. The Morgan fingerprint density at radius 3 is 2.75 bits per heavy atom. The van der Waals surface area contributed by atoms with Crippen molar-refractivity contribution in [3.8, 4) is 0 Å². The summed E-state index contributed by atoms with van der Waals surface area (Å²) in [6.07, 6.45) is 11.0. The number of aromatic nitrogens is 3. The lowest BCUT2D eigenvalue weighted by molar-refractivity contribution is -0.0605. The zero-order valence-electron chi connectivity index (χ0n) is 16.3. The molecular weight excluding hydrogens is 376 g/mol. The van der Waals surface area contributed by atoms with E-state index in [0.29, 0.717) is 23.1 Å². The standard InChI is InChI=1S/C21H27ClN4O2/c1-28-12-13-7-21(8-13)9-15(10-21)24-20-23-11-14-6-17(22)19(27)26(18(14)25-20)16-4-2-3-5-16/h6,11,13,15-16H,2-5,7-10,12H2,1H3,(H,23,24,25). The van der Waals surface area contributed by atoms with Gasteiger partial charge >= 0.3 is 0 Å². The van der Waals surface area contributed by atoms with Gasteiger partial charge in [-0.2, -0.15) is 4.98 Å². The molecule has 150 valence electrons. The van der Waals surface area contributed by atoms with Gasteiger partial charge in [-0.3, -0.25) is 9.36 Å². The van der Waals surface area contributed by atoms with E-state index in [4.69, 9.17) is 21.3 Å². The third-order valence-electron chi connectivity index (χ3n) is 6.96. The predicted octanol–water partition coefficient (Wildman–Crippen LogP) is 4.18. The Labute approximate surface area is 169 Å². The molecule has 28 heavy (non-hydrogen) atoms. The van der Waals surface area contributed by atoms with E-state index in [1.807, 2.05) is 0 Å². The van der Waals surface area contributed by atoms with Crippen LogP contribution in [0, 0.1) is 11.3 Å². The zero-order chi connectivity index (χ0) is 19.3. The molecule has 2 heterocycles. The van der Waals surface area contributed by atoms with E-state index < -0.39 is 0 Å². The van der Waals surface area contributed by atoms with E-state index in [-0.39, 0.29) is 16.6 Å². The summed E-state index contributed by atoms with van der Waals surface area (Å²) in [5.74, 6) is 1.35. The summed E-state index contributed by atoms with van der Waals surface area (Å²) in [6, 6.07) is 2.30. The Morgan fingerprint density at radius 1 is 1.29 bits per heavy atom. The molecule has 0 aliphatic heterocycles. The number of ether oxygens (including phenoxy) is 1. The fourth-order valence-corrected chi connectivity index (χ4v) is 5.99.